The van der Waals surface area contributed by atoms with Crippen LogP contribution < -0.4 is 5.32 Å². The average molecular weight is 339 g/mol. The van der Waals surface area contributed by atoms with Crippen LogP contribution in [0.4, 0.5) is 10.2 Å². The summed E-state index contributed by atoms with van der Waals surface area (Å²) in [5.74, 6) is -0.0329. The van der Waals surface area contributed by atoms with Gasteiger partial charge in [-0.3, -0.25) is 9.78 Å². The average Bonchev–Trinajstić information content (AvgIpc) is 2.63. The molecule has 0 bridgehead atoms. The maximum atomic E-state index is 14.0. The normalized spacial score (nSPS) is 18.5. The number of hydrogen-bond donors (Lipinski definition) is 1. The highest BCUT2D eigenvalue weighted by molar-refractivity contribution is 5.85. The molecule has 1 aromatic heterocycles. The van der Waals surface area contributed by atoms with Gasteiger partial charge in [-0.25, -0.2) is 9.37 Å². The molecule has 128 valence electrons. The first-order valence-electron chi connectivity index (χ1n) is 8.13. The number of amides is 1. The van der Waals surface area contributed by atoms with Crippen LogP contribution in [0.1, 0.15) is 37.1 Å². The second-order valence-corrected chi connectivity index (χ2v) is 5.97. The number of hydrogen-bond acceptors (Lipinski definition) is 5. The lowest BCUT2D eigenvalue weighted by atomic mass is 9.99. The first-order chi connectivity index (χ1) is 12.1. The molecule has 6 nitrogen and oxygen atoms in total. The Kier molecular flexibility index (Phi) is 4.89. The van der Waals surface area contributed by atoms with Gasteiger partial charge in [-0.1, -0.05) is 18.2 Å². The smallest absolute Gasteiger partial charge is 0.245 e. The number of halogens is 1. The molecule has 25 heavy (non-hydrogen) atoms. The number of nitriles is 1. The number of carbonyl (C=O) groups excluding carboxylic acids is 1. The molecule has 3 rings (SSSR count). The highest BCUT2D eigenvalue weighted by atomic mass is 19.1. The molecular formula is C18H18FN5O. The van der Waals surface area contributed by atoms with Crippen molar-refractivity contribution in [3.8, 4) is 6.07 Å². The lowest BCUT2D eigenvalue weighted by molar-refractivity contribution is -0.136. The van der Waals surface area contributed by atoms with Crippen molar-refractivity contribution >= 4 is 11.7 Å². The molecule has 1 saturated heterocycles. The van der Waals surface area contributed by atoms with Crippen molar-refractivity contribution in [1.82, 2.24) is 14.9 Å². The van der Waals surface area contributed by atoms with Crippen molar-refractivity contribution in [1.29, 1.82) is 5.26 Å². The third-order valence-corrected chi connectivity index (χ3v) is 4.37. The van der Waals surface area contributed by atoms with Gasteiger partial charge in [0.1, 0.15) is 23.7 Å². The molecule has 1 fully saturated rings. The molecule has 1 aromatic carbocycles. The molecule has 2 unspecified atom stereocenters. The molecule has 0 aliphatic carbocycles. The predicted octanol–water partition coefficient (Wildman–Crippen LogP) is 2.65. The van der Waals surface area contributed by atoms with Crippen molar-refractivity contribution < 1.29 is 9.18 Å². The molecule has 7 heteroatoms. The van der Waals surface area contributed by atoms with E-state index in [-0.39, 0.29) is 23.5 Å². The van der Waals surface area contributed by atoms with Crippen LogP contribution in [-0.4, -0.2) is 33.4 Å². The van der Waals surface area contributed by atoms with E-state index in [1.807, 2.05) is 13.0 Å². The van der Waals surface area contributed by atoms with E-state index in [1.165, 1.54) is 18.5 Å². The molecule has 0 radical (unpaired) electrons. The van der Waals surface area contributed by atoms with Crippen molar-refractivity contribution in [2.45, 2.75) is 31.8 Å². The summed E-state index contributed by atoms with van der Waals surface area (Å²) in [6.45, 7) is 2.41. The standard InChI is InChI=1S/C18H18FN5O/c1-12(14-5-2-3-6-15(14)19)24-8-4-7-16(18(24)25)23-17-11-21-10-13(9-20)22-17/h2-3,5-6,10-12,16H,4,7-8H2,1H3,(H,22,23). The molecular weight excluding hydrogens is 321 g/mol. The van der Waals surface area contributed by atoms with Crippen molar-refractivity contribution in [2.24, 2.45) is 0 Å². The van der Waals surface area contributed by atoms with Gasteiger partial charge in [0.15, 0.2) is 5.69 Å². The second kappa shape index (κ2) is 7.26. The quantitative estimate of drug-likeness (QED) is 0.926. The first kappa shape index (κ1) is 16.8. The third-order valence-electron chi connectivity index (χ3n) is 4.37. The van der Waals surface area contributed by atoms with E-state index in [9.17, 15) is 9.18 Å². The van der Waals surface area contributed by atoms with Crippen LogP contribution in [0, 0.1) is 17.1 Å². The van der Waals surface area contributed by atoms with E-state index in [4.69, 9.17) is 5.26 Å². The highest BCUT2D eigenvalue weighted by Gasteiger charge is 2.33. The molecule has 1 aliphatic heterocycles. The maximum absolute atomic E-state index is 14.0. The predicted molar refractivity (Wildman–Crippen MR) is 89.9 cm³/mol. The van der Waals surface area contributed by atoms with Gasteiger partial charge in [-0.05, 0) is 25.8 Å². The van der Waals surface area contributed by atoms with Gasteiger partial charge >= 0.3 is 0 Å². The zero-order valence-corrected chi connectivity index (χ0v) is 13.8. The lowest BCUT2D eigenvalue weighted by Gasteiger charge is -2.37. The summed E-state index contributed by atoms with van der Waals surface area (Å²) in [4.78, 5) is 22.6. The van der Waals surface area contributed by atoms with Gasteiger partial charge in [-0.15, -0.1) is 0 Å². The minimum absolute atomic E-state index is 0.105. The monoisotopic (exact) mass is 339 g/mol. The summed E-state index contributed by atoms with van der Waals surface area (Å²) in [5, 5.41) is 11.9. The van der Waals surface area contributed by atoms with E-state index in [0.717, 1.165) is 6.42 Å². The number of carbonyl (C=O) groups is 1. The molecule has 1 aliphatic rings. The van der Waals surface area contributed by atoms with Crippen molar-refractivity contribution in [3.63, 3.8) is 0 Å². The van der Waals surface area contributed by atoms with Crippen LogP contribution in [0.15, 0.2) is 36.7 Å². The van der Waals surface area contributed by atoms with Gasteiger partial charge in [0.2, 0.25) is 5.91 Å². The number of anilines is 1. The molecule has 1 amide bonds. The Morgan fingerprint density at radius 1 is 1.40 bits per heavy atom. The van der Waals surface area contributed by atoms with Gasteiger partial charge in [0, 0.05) is 12.1 Å². The van der Waals surface area contributed by atoms with Gasteiger partial charge in [0.25, 0.3) is 0 Å². The Hall–Kier alpha value is -3.01. The van der Waals surface area contributed by atoms with E-state index < -0.39 is 6.04 Å². The number of likely N-dealkylation sites (tertiary alicyclic amines) is 1. The van der Waals surface area contributed by atoms with E-state index >= 15 is 0 Å². The summed E-state index contributed by atoms with van der Waals surface area (Å²) in [7, 11) is 0. The van der Waals surface area contributed by atoms with Gasteiger partial charge in [-0.2, -0.15) is 5.26 Å². The summed E-state index contributed by atoms with van der Waals surface area (Å²) < 4.78 is 14.0. The Morgan fingerprint density at radius 2 is 2.20 bits per heavy atom. The van der Waals surface area contributed by atoms with Crippen molar-refractivity contribution in [3.05, 3.63) is 53.7 Å². The molecule has 2 heterocycles. The molecule has 2 atom stereocenters. The molecule has 2 aromatic rings. The van der Waals surface area contributed by atoms with Gasteiger partial charge < -0.3 is 10.2 Å². The Bertz CT molecular complexity index is 819. The van der Waals surface area contributed by atoms with Crippen LogP contribution in [0.5, 0.6) is 0 Å². The maximum Gasteiger partial charge on any atom is 0.245 e. The minimum Gasteiger partial charge on any atom is -0.357 e. The number of nitrogens with one attached hydrogen (secondary N) is 1. The fourth-order valence-electron chi connectivity index (χ4n) is 3.07. The Morgan fingerprint density at radius 3 is 2.96 bits per heavy atom. The molecule has 0 saturated carbocycles. The van der Waals surface area contributed by atoms with Crippen LogP contribution in [0.25, 0.3) is 0 Å². The van der Waals surface area contributed by atoms with Crippen LogP contribution in [-0.2, 0) is 4.79 Å². The van der Waals surface area contributed by atoms with E-state index in [0.29, 0.717) is 24.3 Å². The van der Waals surface area contributed by atoms with E-state index in [1.54, 1.807) is 23.1 Å². The summed E-state index contributed by atoms with van der Waals surface area (Å²) in [5.41, 5.74) is 0.688. The third kappa shape index (κ3) is 3.58. The SMILES string of the molecule is CC(c1ccccc1F)N1CCCC(Nc2cncc(C#N)n2)C1=O. The summed E-state index contributed by atoms with van der Waals surface area (Å²) >= 11 is 0. The fourth-order valence-corrected chi connectivity index (χ4v) is 3.07. The number of aromatic nitrogens is 2. The van der Waals surface area contributed by atoms with Gasteiger partial charge in [0.05, 0.1) is 18.4 Å². The minimum atomic E-state index is -0.466. The van der Waals surface area contributed by atoms with Crippen molar-refractivity contribution in [2.75, 3.05) is 11.9 Å². The lowest BCUT2D eigenvalue weighted by Crippen LogP contribution is -2.48. The van der Waals surface area contributed by atoms with E-state index in [2.05, 4.69) is 15.3 Å². The number of nitrogens with zero attached hydrogens (tertiary/aromatic N) is 4. The van der Waals surface area contributed by atoms with Crippen LogP contribution in [0.2, 0.25) is 0 Å². The highest BCUT2D eigenvalue weighted by Crippen LogP contribution is 2.27. The Balaban J connectivity index is 1.77. The first-order valence-corrected chi connectivity index (χ1v) is 8.13. The number of piperidine rings is 1. The Labute approximate surface area is 145 Å². The largest absolute Gasteiger partial charge is 0.357 e. The second-order valence-electron chi connectivity index (χ2n) is 5.97. The topological polar surface area (TPSA) is 81.9 Å². The summed E-state index contributed by atoms with van der Waals surface area (Å²) in [6.07, 6.45) is 4.29. The number of benzene rings is 1. The fraction of sp³-hybridized carbons (Fsp3) is 0.333. The van der Waals surface area contributed by atoms with Crippen LogP contribution in [0.3, 0.4) is 0 Å². The zero-order valence-electron chi connectivity index (χ0n) is 13.8. The summed E-state index contributed by atoms with van der Waals surface area (Å²) in [6, 6.07) is 7.60. The number of rotatable bonds is 4. The van der Waals surface area contributed by atoms with Crippen LogP contribution >= 0.6 is 0 Å². The zero-order chi connectivity index (χ0) is 17.8. The molecule has 1 N–H and O–H groups in total. The molecule has 0 spiro atoms.